The van der Waals surface area contributed by atoms with Crippen molar-refractivity contribution in [2.45, 2.75) is 32.7 Å². The summed E-state index contributed by atoms with van der Waals surface area (Å²) in [6, 6.07) is 7.02. The quantitative estimate of drug-likeness (QED) is 0.780. The van der Waals surface area contributed by atoms with Gasteiger partial charge in [-0.1, -0.05) is 26.0 Å². The summed E-state index contributed by atoms with van der Waals surface area (Å²) in [6.45, 7) is 6.03. The largest absolute Gasteiger partial charge is 0.383 e. The summed E-state index contributed by atoms with van der Waals surface area (Å²) in [5.41, 5.74) is 1.59. The Bertz CT molecular complexity index is 611. The molecule has 0 spiro atoms. The number of amides is 1. The fourth-order valence-corrected chi connectivity index (χ4v) is 3.02. The number of sulfonamides is 1. The van der Waals surface area contributed by atoms with Crippen molar-refractivity contribution in [2.24, 2.45) is 0 Å². The third kappa shape index (κ3) is 6.19. The van der Waals surface area contributed by atoms with E-state index in [0.717, 1.165) is 16.1 Å². The van der Waals surface area contributed by atoms with E-state index in [0.29, 0.717) is 18.2 Å². The number of ether oxygens (including phenoxy) is 1. The van der Waals surface area contributed by atoms with E-state index in [1.54, 1.807) is 26.2 Å². The van der Waals surface area contributed by atoms with Gasteiger partial charge in [-0.05, 0) is 30.5 Å². The summed E-state index contributed by atoms with van der Waals surface area (Å²) >= 11 is 0. The molecule has 0 saturated heterocycles. The molecule has 1 amide bonds. The van der Waals surface area contributed by atoms with Gasteiger partial charge in [0.05, 0.1) is 18.6 Å². The zero-order chi connectivity index (χ0) is 17.6. The van der Waals surface area contributed by atoms with Crippen LogP contribution < -0.4 is 9.62 Å². The molecule has 1 rings (SSSR count). The van der Waals surface area contributed by atoms with Crippen LogP contribution in [0.1, 0.15) is 32.3 Å². The van der Waals surface area contributed by atoms with Crippen LogP contribution in [0.25, 0.3) is 0 Å². The molecule has 0 aliphatic heterocycles. The van der Waals surface area contributed by atoms with Crippen LogP contribution in [0.5, 0.6) is 0 Å². The molecule has 0 fully saturated rings. The van der Waals surface area contributed by atoms with Gasteiger partial charge in [-0.3, -0.25) is 9.10 Å². The van der Waals surface area contributed by atoms with Gasteiger partial charge in [0.15, 0.2) is 0 Å². The highest BCUT2D eigenvalue weighted by molar-refractivity contribution is 7.92. The van der Waals surface area contributed by atoms with E-state index in [4.69, 9.17) is 4.74 Å². The summed E-state index contributed by atoms with van der Waals surface area (Å²) in [5, 5.41) is 2.71. The third-order valence-electron chi connectivity index (χ3n) is 3.36. The lowest BCUT2D eigenvalue weighted by atomic mass is 10.0. The van der Waals surface area contributed by atoms with Crippen molar-refractivity contribution in [1.82, 2.24) is 5.32 Å². The Hall–Kier alpha value is -1.60. The molecule has 1 atom stereocenters. The molecule has 1 aromatic rings. The van der Waals surface area contributed by atoms with Gasteiger partial charge >= 0.3 is 0 Å². The molecule has 23 heavy (non-hydrogen) atoms. The molecule has 0 aliphatic rings. The Morgan fingerprint density at radius 2 is 1.78 bits per heavy atom. The molecular weight excluding hydrogens is 316 g/mol. The van der Waals surface area contributed by atoms with Crippen molar-refractivity contribution in [2.75, 3.05) is 30.8 Å². The highest BCUT2D eigenvalue weighted by Gasteiger charge is 2.21. The van der Waals surface area contributed by atoms with Crippen LogP contribution in [0.4, 0.5) is 5.69 Å². The first kappa shape index (κ1) is 19.4. The lowest BCUT2D eigenvalue weighted by Crippen LogP contribution is -2.44. The van der Waals surface area contributed by atoms with Crippen molar-refractivity contribution in [3.8, 4) is 0 Å². The van der Waals surface area contributed by atoms with Crippen LogP contribution in [0, 0.1) is 0 Å². The van der Waals surface area contributed by atoms with E-state index < -0.39 is 10.0 Å². The first-order valence-corrected chi connectivity index (χ1v) is 9.36. The van der Waals surface area contributed by atoms with E-state index in [1.807, 2.05) is 12.1 Å². The number of rotatable bonds is 8. The molecule has 0 aromatic heterocycles. The van der Waals surface area contributed by atoms with Crippen LogP contribution >= 0.6 is 0 Å². The average Bonchev–Trinajstić information content (AvgIpc) is 2.44. The first-order valence-electron chi connectivity index (χ1n) is 7.51. The standard InChI is InChI=1S/C16H26N2O4S/c1-12(2)14-6-8-15(9-7-14)18(23(5,20)21)10-16(19)17-13(3)11-22-4/h6-9,12-13H,10-11H2,1-5H3,(H,17,19)/t13-/m0/s1. The van der Waals surface area contributed by atoms with Crippen molar-refractivity contribution >= 4 is 21.6 Å². The lowest BCUT2D eigenvalue weighted by molar-refractivity contribution is -0.120. The number of methoxy groups -OCH3 is 1. The molecule has 0 saturated carbocycles. The van der Waals surface area contributed by atoms with Gasteiger partial charge in [-0.25, -0.2) is 8.42 Å². The predicted molar refractivity (Wildman–Crippen MR) is 92.2 cm³/mol. The molecule has 1 N–H and O–H groups in total. The number of nitrogens with one attached hydrogen (secondary N) is 1. The summed E-state index contributed by atoms with van der Waals surface area (Å²) in [6.07, 6.45) is 1.09. The summed E-state index contributed by atoms with van der Waals surface area (Å²) in [5.74, 6) is -0.0122. The van der Waals surface area contributed by atoms with Crippen LogP contribution in [0.2, 0.25) is 0 Å². The Balaban J connectivity index is 2.91. The Labute approximate surface area is 138 Å². The van der Waals surface area contributed by atoms with Gasteiger partial charge in [0, 0.05) is 13.2 Å². The Morgan fingerprint density at radius 1 is 1.22 bits per heavy atom. The first-order chi connectivity index (χ1) is 10.6. The number of hydrogen-bond acceptors (Lipinski definition) is 4. The minimum absolute atomic E-state index is 0.183. The van der Waals surface area contributed by atoms with Gasteiger partial charge < -0.3 is 10.1 Å². The van der Waals surface area contributed by atoms with Gasteiger partial charge in [-0.15, -0.1) is 0 Å². The number of carbonyl (C=O) groups excluding carboxylic acids is 1. The van der Waals surface area contributed by atoms with Gasteiger partial charge in [0.2, 0.25) is 15.9 Å². The van der Waals surface area contributed by atoms with E-state index >= 15 is 0 Å². The zero-order valence-corrected chi connectivity index (χ0v) is 15.2. The van der Waals surface area contributed by atoms with Crippen molar-refractivity contribution in [3.63, 3.8) is 0 Å². The number of benzene rings is 1. The molecule has 130 valence electrons. The Kier molecular flexibility index (Phi) is 7.02. The monoisotopic (exact) mass is 342 g/mol. The highest BCUT2D eigenvalue weighted by Crippen LogP contribution is 2.21. The maximum atomic E-state index is 12.1. The molecule has 0 radical (unpaired) electrons. The van der Waals surface area contributed by atoms with E-state index in [-0.39, 0.29) is 18.5 Å². The average molecular weight is 342 g/mol. The fourth-order valence-electron chi connectivity index (χ4n) is 2.17. The van der Waals surface area contributed by atoms with Crippen LogP contribution in [0.15, 0.2) is 24.3 Å². The summed E-state index contributed by atoms with van der Waals surface area (Å²) in [7, 11) is -2.01. The van der Waals surface area contributed by atoms with E-state index in [2.05, 4.69) is 19.2 Å². The second-order valence-electron chi connectivity index (χ2n) is 5.94. The summed E-state index contributed by atoms with van der Waals surface area (Å²) in [4.78, 5) is 12.1. The predicted octanol–water partition coefficient (Wildman–Crippen LogP) is 1.73. The van der Waals surface area contributed by atoms with Gasteiger partial charge in [0.25, 0.3) is 0 Å². The van der Waals surface area contributed by atoms with Crippen molar-refractivity contribution in [3.05, 3.63) is 29.8 Å². The zero-order valence-electron chi connectivity index (χ0n) is 14.4. The van der Waals surface area contributed by atoms with Gasteiger partial charge in [0.1, 0.15) is 6.54 Å². The topological polar surface area (TPSA) is 75.7 Å². The SMILES string of the molecule is COC[C@H](C)NC(=O)CN(c1ccc(C(C)C)cc1)S(C)(=O)=O. The fraction of sp³-hybridized carbons (Fsp3) is 0.562. The lowest BCUT2D eigenvalue weighted by Gasteiger charge is -2.23. The highest BCUT2D eigenvalue weighted by atomic mass is 32.2. The number of carbonyl (C=O) groups is 1. The number of nitrogens with zero attached hydrogens (tertiary/aromatic N) is 1. The molecule has 0 unspecified atom stereocenters. The molecule has 1 aromatic carbocycles. The minimum atomic E-state index is -3.55. The number of hydrogen-bond donors (Lipinski definition) is 1. The maximum Gasteiger partial charge on any atom is 0.241 e. The molecule has 0 bridgehead atoms. The third-order valence-corrected chi connectivity index (χ3v) is 4.50. The second kappa shape index (κ2) is 8.31. The van der Waals surface area contributed by atoms with Crippen LogP contribution in [-0.4, -0.2) is 46.9 Å². The van der Waals surface area contributed by atoms with E-state index in [9.17, 15) is 13.2 Å². The summed E-state index contributed by atoms with van der Waals surface area (Å²) < 4.78 is 30.1. The normalized spacial score (nSPS) is 13.0. The number of anilines is 1. The van der Waals surface area contributed by atoms with Crippen molar-refractivity contribution < 1.29 is 17.9 Å². The molecule has 7 heteroatoms. The molecule has 0 heterocycles. The van der Waals surface area contributed by atoms with Crippen LogP contribution in [0.3, 0.4) is 0 Å². The Morgan fingerprint density at radius 3 is 2.22 bits per heavy atom. The van der Waals surface area contributed by atoms with Crippen molar-refractivity contribution in [1.29, 1.82) is 0 Å². The molecular formula is C16H26N2O4S. The minimum Gasteiger partial charge on any atom is -0.383 e. The van der Waals surface area contributed by atoms with E-state index in [1.165, 1.54) is 0 Å². The smallest absolute Gasteiger partial charge is 0.241 e. The molecule has 6 nitrogen and oxygen atoms in total. The maximum absolute atomic E-state index is 12.1. The second-order valence-corrected chi connectivity index (χ2v) is 7.85. The molecule has 0 aliphatic carbocycles. The van der Waals surface area contributed by atoms with Crippen LogP contribution in [-0.2, 0) is 19.6 Å². The van der Waals surface area contributed by atoms with Gasteiger partial charge in [-0.2, -0.15) is 0 Å².